The molecule has 5 heteroatoms. The predicted octanol–water partition coefficient (Wildman–Crippen LogP) is 7.40. The third-order valence-corrected chi connectivity index (χ3v) is 8.24. The van der Waals surface area contributed by atoms with Crippen molar-refractivity contribution < 1.29 is 19.4 Å². The highest BCUT2D eigenvalue weighted by Crippen LogP contribution is 2.45. The van der Waals surface area contributed by atoms with Crippen molar-refractivity contribution in [2.45, 2.75) is 23.8 Å². The highest BCUT2D eigenvalue weighted by molar-refractivity contribution is 5.81. The second-order valence-electron chi connectivity index (χ2n) is 10.6. The number of alkyl carbamates (subject to hydrolysis) is 1. The summed E-state index contributed by atoms with van der Waals surface area (Å²) in [5.41, 5.74) is 6.40. The van der Waals surface area contributed by atoms with Gasteiger partial charge in [0.15, 0.2) is 0 Å². The Morgan fingerprint density at radius 2 is 1.05 bits per heavy atom. The van der Waals surface area contributed by atoms with Crippen molar-refractivity contribution >= 4 is 12.1 Å². The number of carboxylic acids is 1. The van der Waals surface area contributed by atoms with Crippen molar-refractivity contribution in [3.8, 4) is 11.1 Å². The van der Waals surface area contributed by atoms with Crippen molar-refractivity contribution in [1.29, 1.82) is 0 Å². The van der Waals surface area contributed by atoms with Crippen LogP contribution in [0, 0.1) is 0 Å². The van der Waals surface area contributed by atoms with Gasteiger partial charge in [-0.25, -0.2) is 9.59 Å². The van der Waals surface area contributed by atoms with Gasteiger partial charge >= 0.3 is 12.1 Å². The molecule has 1 atom stereocenters. The Balaban J connectivity index is 1.30. The molecule has 0 aromatic heterocycles. The van der Waals surface area contributed by atoms with Gasteiger partial charge in [0.25, 0.3) is 0 Å². The molecule has 1 aliphatic carbocycles. The molecule has 0 aliphatic heterocycles. The summed E-state index contributed by atoms with van der Waals surface area (Å²) >= 11 is 0. The van der Waals surface area contributed by atoms with E-state index in [1.165, 1.54) is 0 Å². The molecule has 5 aromatic rings. The first kappa shape index (κ1) is 27.0. The molecular formula is C37H31NO4. The highest BCUT2D eigenvalue weighted by Gasteiger charge is 2.41. The number of ether oxygens (including phenoxy) is 1. The molecule has 1 unspecified atom stereocenters. The molecule has 0 bridgehead atoms. The van der Waals surface area contributed by atoms with E-state index in [0.29, 0.717) is 0 Å². The van der Waals surface area contributed by atoms with Crippen molar-refractivity contribution in [2.24, 2.45) is 0 Å². The monoisotopic (exact) mass is 553 g/mol. The lowest BCUT2D eigenvalue weighted by atomic mass is 9.66. The van der Waals surface area contributed by atoms with Gasteiger partial charge in [0, 0.05) is 11.3 Å². The lowest BCUT2D eigenvalue weighted by molar-refractivity contribution is -0.139. The van der Waals surface area contributed by atoms with E-state index >= 15 is 0 Å². The molecule has 0 heterocycles. The number of hydrogen-bond acceptors (Lipinski definition) is 3. The van der Waals surface area contributed by atoms with E-state index in [1.807, 2.05) is 115 Å². The fourth-order valence-electron chi connectivity index (χ4n) is 6.31. The molecule has 0 spiro atoms. The van der Waals surface area contributed by atoms with Crippen molar-refractivity contribution in [3.63, 3.8) is 0 Å². The highest BCUT2D eigenvalue weighted by atomic mass is 16.5. The maximum absolute atomic E-state index is 13.2. The van der Waals surface area contributed by atoms with E-state index in [1.54, 1.807) is 0 Å². The number of carboxylic acid groups (broad SMARTS) is 1. The fraction of sp³-hybridized carbons (Fsp3) is 0.135. The van der Waals surface area contributed by atoms with Crippen LogP contribution in [0.4, 0.5) is 4.79 Å². The Labute approximate surface area is 245 Å². The molecular weight excluding hydrogens is 522 g/mol. The lowest BCUT2D eigenvalue weighted by Crippen LogP contribution is -2.47. The van der Waals surface area contributed by atoms with Crippen molar-refractivity contribution in [1.82, 2.24) is 5.32 Å². The summed E-state index contributed by atoms with van der Waals surface area (Å²) in [6.45, 7) is 0.105. The van der Waals surface area contributed by atoms with E-state index in [9.17, 15) is 14.7 Å². The van der Waals surface area contributed by atoms with Crippen LogP contribution in [0.15, 0.2) is 140 Å². The third-order valence-electron chi connectivity index (χ3n) is 8.24. The molecule has 5 nitrogen and oxygen atoms in total. The van der Waals surface area contributed by atoms with Crippen LogP contribution >= 0.6 is 0 Å². The van der Waals surface area contributed by atoms with Crippen molar-refractivity contribution in [3.05, 3.63) is 167 Å². The predicted molar refractivity (Wildman–Crippen MR) is 163 cm³/mol. The zero-order valence-electron chi connectivity index (χ0n) is 23.0. The van der Waals surface area contributed by atoms with E-state index in [4.69, 9.17) is 4.74 Å². The molecule has 42 heavy (non-hydrogen) atoms. The first-order valence-corrected chi connectivity index (χ1v) is 14.1. The van der Waals surface area contributed by atoms with Gasteiger partial charge < -0.3 is 15.2 Å². The Hall–Kier alpha value is -5.16. The van der Waals surface area contributed by atoms with Crippen LogP contribution in [0.2, 0.25) is 0 Å². The van der Waals surface area contributed by atoms with E-state index in [0.717, 1.165) is 38.9 Å². The average Bonchev–Trinajstić information content (AvgIpc) is 3.37. The molecule has 0 radical (unpaired) electrons. The number of aliphatic carboxylic acids is 1. The molecule has 5 aromatic carbocycles. The summed E-state index contributed by atoms with van der Waals surface area (Å²) in [4.78, 5) is 26.0. The molecule has 0 fully saturated rings. The maximum Gasteiger partial charge on any atom is 0.407 e. The van der Waals surface area contributed by atoms with E-state index in [2.05, 4.69) is 29.6 Å². The molecule has 0 saturated heterocycles. The van der Waals surface area contributed by atoms with Gasteiger partial charge in [0.1, 0.15) is 12.6 Å². The van der Waals surface area contributed by atoms with Gasteiger partial charge in [-0.2, -0.15) is 0 Å². The minimum absolute atomic E-state index is 0.0879. The largest absolute Gasteiger partial charge is 0.480 e. The Kier molecular flexibility index (Phi) is 7.56. The van der Waals surface area contributed by atoms with E-state index in [-0.39, 0.29) is 18.9 Å². The summed E-state index contributed by atoms with van der Waals surface area (Å²) < 4.78 is 5.74. The summed E-state index contributed by atoms with van der Waals surface area (Å²) in [6, 6.07) is 44.5. The number of fused-ring (bicyclic) bond motifs is 3. The molecule has 1 aliphatic rings. The molecule has 208 valence electrons. The van der Waals surface area contributed by atoms with Crippen LogP contribution in [0.5, 0.6) is 0 Å². The standard InChI is InChI=1S/C37H31NO4/c39-35(40)34(38-36(41)42-25-33-31-22-12-10-20-29(31)30-21-11-13-23-32(30)33)24-37(26-14-4-1-5-15-26,27-16-6-2-7-17-27)28-18-8-3-9-19-28/h1-23,33-34H,24-25H2,(H,38,41)(H,39,40). The molecule has 1 amide bonds. The normalized spacial score (nSPS) is 13.0. The van der Waals surface area contributed by atoms with Crippen LogP contribution in [-0.2, 0) is 14.9 Å². The summed E-state index contributed by atoms with van der Waals surface area (Å²) in [7, 11) is 0. The summed E-state index contributed by atoms with van der Waals surface area (Å²) in [6.07, 6.45) is -0.669. The lowest BCUT2D eigenvalue weighted by Gasteiger charge is -2.38. The van der Waals surface area contributed by atoms with Crippen LogP contribution < -0.4 is 5.32 Å². The van der Waals surface area contributed by atoms with Gasteiger partial charge in [-0.3, -0.25) is 0 Å². The van der Waals surface area contributed by atoms with Gasteiger partial charge in [-0.1, -0.05) is 140 Å². The fourth-order valence-corrected chi connectivity index (χ4v) is 6.31. The van der Waals surface area contributed by atoms with Crippen LogP contribution in [0.25, 0.3) is 11.1 Å². The Morgan fingerprint density at radius 1 is 0.643 bits per heavy atom. The van der Waals surface area contributed by atoms with Gasteiger partial charge in [0.05, 0.1) is 0 Å². The number of nitrogens with one attached hydrogen (secondary N) is 1. The second kappa shape index (κ2) is 11.8. The average molecular weight is 554 g/mol. The number of hydrogen-bond donors (Lipinski definition) is 2. The molecule has 0 saturated carbocycles. The number of amides is 1. The van der Waals surface area contributed by atoms with Crippen LogP contribution in [0.1, 0.15) is 40.2 Å². The van der Waals surface area contributed by atoms with E-state index < -0.39 is 23.5 Å². The minimum atomic E-state index is -1.22. The second-order valence-corrected chi connectivity index (χ2v) is 10.6. The SMILES string of the molecule is O=C(NC(CC(c1ccccc1)(c1ccccc1)c1ccccc1)C(=O)O)OCC1c2ccccc2-c2ccccc21. The number of carbonyl (C=O) groups is 2. The van der Waals surface area contributed by atoms with Gasteiger partial charge in [-0.05, 0) is 45.4 Å². The van der Waals surface area contributed by atoms with Crippen LogP contribution in [0.3, 0.4) is 0 Å². The zero-order valence-corrected chi connectivity index (χ0v) is 23.0. The van der Waals surface area contributed by atoms with Gasteiger partial charge in [-0.15, -0.1) is 0 Å². The van der Waals surface area contributed by atoms with Gasteiger partial charge in [0.2, 0.25) is 0 Å². The zero-order chi connectivity index (χ0) is 28.9. The number of benzene rings is 5. The molecule has 2 N–H and O–H groups in total. The first-order valence-electron chi connectivity index (χ1n) is 14.1. The first-order chi connectivity index (χ1) is 20.6. The topological polar surface area (TPSA) is 75.6 Å². The smallest absolute Gasteiger partial charge is 0.407 e. The third kappa shape index (κ3) is 5.06. The Bertz CT molecular complexity index is 1540. The van der Waals surface area contributed by atoms with Crippen molar-refractivity contribution in [2.75, 3.05) is 6.61 Å². The Morgan fingerprint density at radius 3 is 1.48 bits per heavy atom. The number of rotatable bonds is 9. The quantitative estimate of drug-likeness (QED) is 0.187. The molecule has 6 rings (SSSR count). The summed E-state index contributed by atoms with van der Waals surface area (Å²) in [5.74, 6) is -1.25. The summed E-state index contributed by atoms with van der Waals surface area (Å²) in [5, 5.41) is 13.1. The maximum atomic E-state index is 13.2. The number of carbonyl (C=O) groups excluding carboxylic acids is 1. The van der Waals surface area contributed by atoms with Crippen LogP contribution in [-0.4, -0.2) is 29.8 Å². The minimum Gasteiger partial charge on any atom is -0.480 e.